The number of hydrogen-bond acceptors (Lipinski definition) is 4. The van der Waals surface area contributed by atoms with Crippen LogP contribution in [0.15, 0.2) is 0 Å². The summed E-state index contributed by atoms with van der Waals surface area (Å²) in [7, 11) is -9.45. The lowest BCUT2D eigenvalue weighted by molar-refractivity contribution is -0.363. The first-order chi connectivity index (χ1) is 17.4. The molecule has 0 radical (unpaired) electrons. The predicted molar refractivity (Wildman–Crippen MR) is 78.3 cm³/mol. The van der Waals surface area contributed by atoms with Crippen LogP contribution in [0, 0.1) is 0 Å². The van der Waals surface area contributed by atoms with Crippen molar-refractivity contribution in [2.24, 2.45) is 0 Å². The highest BCUT2D eigenvalue weighted by Gasteiger charge is 2.75. The highest BCUT2D eigenvalue weighted by Crippen LogP contribution is 2.47. The molecule has 0 N–H and O–H groups in total. The van der Waals surface area contributed by atoms with Gasteiger partial charge < -0.3 is 17.7 Å². The fourth-order valence-electron chi connectivity index (χ4n) is 2.16. The van der Waals surface area contributed by atoms with Crippen molar-refractivity contribution in [2.45, 2.75) is 80.5 Å². The summed E-state index contributed by atoms with van der Waals surface area (Å²) in [6.45, 7) is -1.13. The summed E-state index contributed by atoms with van der Waals surface area (Å²) in [5, 5.41) is 0. The van der Waals surface area contributed by atoms with E-state index in [1.807, 2.05) is 0 Å². The van der Waals surface area contributed by atoms with Gasteiger partial charge in [-0.25, -0.2) is 8.78 Å². The van der Waals surface area contributed by atoms with E-state index in [9.17, 15) is 101 Å². The van der Waals surface area contributed by atoms with E-state index in [1.54, 1.807) is 0 Å². The molecule has 0 aromatic carbocycles. The van der Waals surface area contributed by atoms with Crippen LogP contribution in [0.1, 0.15) is 6.92 Å². The highest BCUT2D eigenvalue weighted by atomic mass is 28.4. The smallest absolute Gasteiger partial charge is 0.332 e. The zero-order valence-corrected chi connectivity index (χ0v) is 19.1. The molecule has 0 unspecified atom stereocenters. The second-order valence-corrected chi connectivity index (χ2v) is 9.18. The van der Waals surface area contributed by atoms with Gasteiger partial charge in [0.25, 0.3) is 5.92 Å². The topological polar surface area (TPSA) is 36.9 Å². The Bertz CT molecular complexity index is 642. The lowest BCUT2D eigenvalue weighted by Gasteiger charge is -2.40. The number of halogens is 23. The van der Waals surface area contributed by atoms with Crippen molar-refractivity contribution in [2.75, 3.05) is 0 Å². The largest absolute Gasteiger partial charge is 0.683 e. The fourth-order valence-corrected chi connectivity index (χ4v) is 4.79. The first-order valence-corrected chi connectivity index (χ1v) is 10.5. The summed E-state index contributed by atoms with van der Waals surface area (Å²) in [5.41, 5.74) is 0. The van der Waals surface area contributed by atoms with Crippen LogP contribution in [0.4, 0.5) is 101 Å². The number of rotatable bonds is 9. The molecule has 0 fully saturated rings. The van der Waals surface area contributed by atoms with Crippen LogP contribution in [0.2, 0.25) is 0 Å². The quantitative estimate of drug-likeness (QED) is 0.185. The van der Waals surface area contributed by atoms with Crippen molar-refractivity contribution in [3.63, 3.8) is 0 Å². The summed E-state index contributed by atoms with van der Waals surface area (Å²) in [6, 6.07) is 0. The lowest BCUT2D eigenvalue weighted by atomic mass is 10.2. The van der Waals surface area contributed by atoms with Crippen molar-refractivity contribution in [1.82, 2.24) is 0 Å². The van der Waals surface area contributed by atoms with E-state index in [1.165, 1.54) is 0 Å². The molecule has 0 aliphatic heterocycles. The van der Waals surface area contributed by atoms with Gasteiger partial charge in [0.1, 0.15) is 0 Å². The Hall–Kier alpha value is -1.55. The average Bonchev–Trinajstić information content (AvgIpc) is 2.58. The maximum Gasteiger partial charge on any atom is 0.683 e. The highest BCUT2D eigenvalue weighted by molar-refractivity contribution is 6.54. The van der Waals surface area contributed by atoms with Crippen LogP contribution in [-0.4, -0.2) is 82.6 Å². The monoisotopic (exact) mass is 692 g/mol. The molecular formula is C13H7F23O4Si. The SMILES string of the molecule is CC(F)(F)[C@H](O[Si](OC(C(F)(F)F)C(F)(F)F)(OC(C(F)(F)F)C(F)(F)F)OC(C(F)(F)F)C(F)(F)F)C(F)(F)F. The fraction of sp³-hybridized carbons (Fsp3) is 1.00. The van der Waals surface area contributed by atoms with Gasteiger partial charge in [0, 0.05) is 6.92 Å². The minimum Gasteiger partial charge on any atom is -0.332 e. The molecule has 0 spiro atoms. The van der Waals surface area contributed by atoms with Gasteiger partial charge in [0.15, 0.2) is 0 Å². The first kappa shape index (κ1) is 39.4. The minimum atomic E-state index is -9.45. The van der Waals surface area contributed by atoms with Crippen LogP contribution in [0.5, 0.6) is 0 Å². The maximum absolute atomic E-state index is 13.5. The molecule has 1 atom stereocenters. The molecule has 0 aliphatic carbocycles. The minimum absolute atomic E-state index is 1.13. The molecule has 248 valence electrons. The van der Waals surface area contributed by atoms with Crippen molar-refractivity contribution in [3.8, 4) is 0 Å². The van der Waals surface area contributed by atoms with Crippen molar-refractivity contribution in [3.05, 3.63) is 0 Å². The molecule has 0 saturated heterocycles. The predicted octanol–water partition coefficient (Wildman–Crippen LogP) is 7.55. The molecule has 0 amide bonds. The Morgan fingerprint density at radius 2 is 0.463 bits per heavy atom. The zero-order valence-electron chi connectivity index (χ0n) is 18.1. The zero-order chi connectivity index (χ0) is 33.6. The molecule has 0 saturated carbocycles. The van der Waals surface area contributed by atoms with E-state index in [4.69, 9.17) is 0 Å². The Labute approximate surface area is 209 Å². The third-order valence-electron chi connectivity index (χ3n) is 3.59. The van der Waals surface area contributed by atoms with Crippen LogP contribution in [0.3, 0.4) is 0 Å². The van der Waals surface area contributed by atoms with Gasteiger partial charge in [-0.3, -0.25) is 0 Å². The molecule has 0 rings (SSSR count). The van der Waals surface area contributed by atoms with Gasteiger partial charge in [0.05, 0.1) is 0 Å². The third-order valence-corrected chi connectivity index (χ3v) is 5.69. The van der Waals surface area contributed by atoms with Gasteiger partial charge in [-0.05, 0) is 0 Å². The molecule has 28 heteroatoms. The Balaban J connectivity index is 7.99. The molecule has 0 heterocycles. The molecule has 4 nitrogen and oxygen atoms in total. The summed E-state index contributed by atoms with van der Waals surface area (Å²) in [4.78, 5) is 0. The molecule has 0 aromatic heterocycles. The van der Waals surface area contributed by atoms with Crippen molar-refractivity contribution >= 4 is 9.05 Å². The van der Waals surface area contributed by atoms with E-state index in [-0.39, 0.29) is 0 Å². The van der Waals surface area contributed by atoms with Crippen molar-refractivity contribution < 1.29 is 119 Å². The second-order valence-electron chi connectivity index (χ2n) is 7.24. The first-order valence-electron chi connectivity index (χ1n) is 8.92. The van der Waals surface area contributed by atoms with E-state index in [2.05, 4.69) is 17.7 Å². The molecule has 41 heavy (non-hydrogen) atoms. The molecule has 0 aromatic rings. The van der Waals surface area contributed by atoms with Crippen LogP contribution in [0.25, 0.3) is 0 Å². The second kappa shape index (κ2) is 11.5. The molecule has 0 bridgehead atoms. The van der Waals surface area contributed by atoms with E-state index >= 15 is 0 Å². The molecule has 0 aliphatic rings. The number of hydrogen-bond donors (Lipinski definition) is 0. The summed E-state index contributed by atoms with van der Waals surface area (Å²) in [5.74, 6) is -5.99. The normalized spacial score (nSPS) is 16.8. The van der Waals surface area contributed by atoms with Crippen LogP contribution < -0.4 is 0 Å². The standard InChI is InChI=1S/C13H7F23O4Si/c1-6(14,15)2(7(16,17)18)37-41(38-3(8(19,20)21)9(22,23)24,39-4(10(25,26)27)11(28,29)30)40-5(12(31,32)33)13(34,35)36/h2-5H,1H3/t2-/m0/s1. The van der Waals surface area contributed by atoms with Crippen LogP contribution >= 0.6 is 0 Å². The number of alkyl halides is 23. The Kier molecular flexibility index (Phi) is 11.1. The van der Waals surface area contributed by atoms with E-state index in [0.717, 1.165) is 0 Å². The summed E-state index contributed by atoms with van der Waals surface area (Å²) in [6.07, 6.45) is -76.0. The van der Waals surface area contributed by atoms with Gasteiger partial charge in [-0.15, -0.1) is 0 Å². The Morgan fingerprint density at radius 3 is 0.585 bits per heavy atom. The third kappa shape index (κ3) is 11.6. The maximum atomic E-state index is 13.5. The average molecular weight is 692 g/mol. The summed E-state index contributed by atoms with van der Waals surface area (Å²) < 4.78 is 309. The van der Waals surface area contributed by atoms with Crippen LogP contribution in [-0.2, 0) is 17.7 Å². The van der Waals surface area contributed by atoms with Crippen molar-refractivity contribution in [1.29, 1.82) is 0 Å². The van der Waals surface area contributed by atoms with Gasteiger partial charge in [-0.2, -0.15) is 92.2 Å². The summed E-state index contributed by atoms with van der Waals surface area (Å²) >= 11 is 0. The molecular weight excluding hydrogens is 685 g/mol. The van der Waals surface area contributed by atoms with Gasteiger partial charge in [0.2, 0.25) is 24.4 Å². The van der Waals surface area contributed by atoms with Gasteiger partial charge >= 0.3 is 52.3 Å². The lowest BCUT2D eigenvalue weighted by Crippen LogP contribution is -2.68. The Morgan fingerprint density at radius 1 is 0.317 bits per heavy atom. The van der Waals surface area contributed by atoms with E-state index in [0.29, 0.717) is 0 Å². The van der Waals surface area contributed by atoms with Gasteiger partial charge in [-0.1, -0.05) is 0 Å². The van der Waals surface area contributed by atoms with E-state index < -0.39 is 89.5 Å².